The van der Waals surface area contributed by atoms with Crippen molar-refractivity contribution >= 4 is 13.8 Å². The number of aliphatic hydroxyl groups is 1. The average molecular weight is 810 g/mol. The van der Waals surface area contributed by atoms with E-state index in [0.717, 1.165) is 57.8 Å². The van der Waals surface area contributed by atoms with Gasteiger partial charge in [0.15, 0.2) is 6.10 Å². The van der Waals surface area contributed by atoms with E-state index in [-0.39, 0.29) is 32.3 Å². The van der Waals surface area contributed by atoms with Crippen molar-refractivity contribution in [1.82, 2.24) is 0 Å². The molecule has 0 aromatic heterocycles. The number of phosphoric ester groups is 1. The standard InChI is InChI=1S/C46H84NO8P/c1-6-7-8-9-10-11-12-13-14-18-21-24-27-30-33-36-40-52-42-45(43-54-56(50,51)53-41-39-47(3,4)5)55-46(49)38-35-32-29-26-23-20-17-15-16-19-22-25-28-31-34-37-44(2)48/h16-17,19-20,25-26,28-29,36,40,44-45,48H,6-15,18,21-24,27,30-35,37-39,41-43H2,1-5H3/b19-16-,20-17-,28-25-,29-26-,40-36+/t44-,45+/m0/s1. The highest BCUT2D eigenvalue weighted by Crippen LogP contribution is 2.38. The lowest BCUT2D eigenvalue weighted by molar-refractivity contribution is -0.870. The van der Waals surface area contributed by atoms with Crippen LogP contribution in [0.15, 0.2) is 60.9 Å². The molecule has 0 spiro atoms. The lowest BCUT2D eigenvalue weighted by Crippen LogP contribution is -2.37. The number of hydrogen-bond acceptors (Lipinski definition) is 8. The number of nitrogens with zero attached hydrogens (tertiary/aromatic N) is 1. The fourth-order valence-corrected chi connectivity index (χ4v) is 6.43. The molecule has 9 nitrogen and oxygen atoms in total. The number of unbranched alkanes of at least 4 members (excludes halogenated alkanes) is 16. The summed E-state index contributed by atoms with van der Waals surface area (Å²) >= 11 is 0. The SMILES string of the molecule is CCCCCCCCCCCCCCCC/C=C/OC[C@H](COP(=O)([O-])OCC[N+](C)(C)C)OC(=O)CCC/C=C\C/C=C\C/C=C\C/C=C\CCC[C@H](C)O. The summed E-state index contributed by atoms with van der Waals surface area (Å²) in [4.78, 5) is 25.0. The van der Waals surface area contributed by atoms with Crippen LogP contribution >= 0.6 is 7.82 Å². The molecule has 0 bridgehead atoms. The average Bonchev–Trinajstić information content (AvgIpc) is 3.13. The van der Waals surface area contributed by atoms with E-state index in [0.29, 0.717) is 17.4 Å². The zero-order chi connectivity index (χ0) is 41.4. The predicted molar refractivity (Wildman–Crippen MR) is 232 cm³/mol. The Morgan fingerprint density at radius 2 is 1.14 bits per heavy atom. The van der Waals surface area contributed by atoms with Crippen LogP contribution in [0, 0.1) is 0 Å². The van der Waals surface area contributed by atoms with Crippen molar-refractivity contribution in [2.75, 3.05) is 47.5 Å². The Hall–Kier alpha value is -2.00. The van der Waals surface area contributed by atoms with Crippen LogP contribution in [0.4, 0.5) is 0 Å². The van der Waals surface area contributed by atoms with Crippen molar-refractivity contribution in [1.29, 1.82) is 0 Å². The van der Waals surface area contributed by atoms with Gasteiger partial charge in [0.05, 0.1) is 40.1 Å². The van der Waals surface area contributed by atoms with Gasteiger partial charge in [-0.25, -0.2) is 0 Å². The molecule has 0 fully saturated rings. The molecular formula is C46H84NO8P. The Bertz CT molecular complexity index is 1100. The first kappa shape index (κ1) is 54.0. The van der Waals surface area contributed by atoms with Crippen LogP contribution in [-0.2, 0) is 27.9 Å². The summed E-state index contributed by atoms with van der Waals surface area (Å²) in [6.45, 7) is 4.21. The van der Waals surface area contributed by atoms with E-state index in [9.17, 15) is 19.4 Å². The molecule has 56 heavy (non-hydrogen) atoms. The Morgan fingerprint density at radius 1 is 0.661 bits per heavy atom. The lowest BCUT2D eigenvalue weighted by Gasteiger charge is -2.28. The monoisotopic (exact) mass is 810 g/mol. The van der Waals surface area contributed by atoms with Crippen LogP contribution in [0.25, 0.3) is 0 Å². The predicted octanol–water partition coefficient (Wildman–Crippen LogP) is 11.6. The fourth-order valence-electron chi connectivity index (χ4n) is 5.70. The van der Waals surface area contributed by atoms with Crippen LogP contribution in [0.2, 0.25) is 0 Å². The third-order valence-corrected chi connectivity index (χ3v) is 10.1. The molecule has 0 saturated heterocycles. The lowest BCUT2D eigenvalue weighted by atomic mass is 10.0. The smallest absolute Gasteiger partial charge is 0.306 e. The molecule has 0 aromatic carbocycles. The number of quaternary nitrogens is 1. The molecule has 0 radical (unpaired) electrons. The Kier molecular flexibility index (Phi) is 37.1. The Labute approximate surface area is 343 Å². The van der Waals surface area contributed by atoms with Crippen molar-refractivity contribution in [3.8, 4) is 0 Å². The Balaban J connectivity index is 4.39. The van der Waals surface area contributed by atoms with Crippen LogP contribution in [-0.4, -0.2) is 75.3 Å². The van der Waals surface area contributed by atoms with Gasteiger partial charge in [0, 0.05) is 6.42 Å². The van der Waals surface area contributed by atoms with Crippen molar-refractivity contribution in [2.45, 2.75) is 180 Å². The van der Waals surface area contributed by atoms with Crippen LogP contribution in [0.3, 0.4) is 0 Å². The van der Waals surface area contributed by atoms with Crippen LogP contribution < -0.4 is 4.89 Å². The fraction of sp³-hybridized carbons (Fsp3) is 0.761. The quantitative estimate of drug-likeness (QED) is 0.0162. The van der Waals surface area contributed by atoms with Gasteiger partial charge >= 0.3 is 5.97 Å². The molecule has 1 unspecified atom stereocenters. The summed E-state index contributed by atoms with van der Waals surface area (Å²) < 4.78 is 34.2. The number of carbonyl (C=O) groups is 1. The number of hydrogen-bond donors (Lipinski definition) is 1. The second-order valence-electron chi connectivity index (χ2n) is 16.1. The molecule has 1 N–H and O–H groups in total. The molecule has 10 heteroatoms. The van der Waals surface area contributed by atoms with E-state index in [4.69, 9.17) is 18.5 Å². The van der Waals surface area contributed by atoms with E-state index in [1.807, 2.05) is 34.1 Å². The van der Waals surface area contributed by atoms with E-state index in [1.165, 1.54) is 83.5 Å². The van der Waals surface area contributed by atoms with Crippen molar-refractivity contribution in [2.24, 2.45) is 0 Å². The second kappa shape index (κ2) is 38.5. The summed E-state index contributed by atoms with van der Waals surface area (Å²) in [5, 5.41) is 9.28. The third kappa shape index (κ3) is 43.1. The minimum atomic E-state index is -4.56. The summed E-state index contributed by atoms with van der Waals surface area (Å²) in [5.41, 5.74) is 0. The summed E-state index contributed by atoms with van der Waals surface area (Å²) in [6.07, 6.45) is 46.1. The summed E-state index contributed by atoms with van der Waals surface area (Å²) in [7, 11) is 1.26. The number of rotatable bonds is 40. The maximum absolute atomic E-state index is 12.6. The zero-order valence-corrected chi connectivity index (χ0v) is 37.3. The first-order chi connectivity index (χ1) is 26.9. The van der Waals surface area contributed by atoms with Crippen LogP contribution in [0.1, 0.15) is 168 Å². The number of carbonyl (C=O) groups excluding carboxylic acids is 1. The maximum Gasteiger partial charge on any atom is 0.306 e. The van der Waals surface area contributed by atoms with Gasteiger partial charge in [-0.3, -0.25) is 9.36 Å². The topological polar surface area (TPSA) is 114 Å². The summed E-state index contributed by atoms with van der Waals surface area (Å²) in [6, 6.07) is 0. The summed E-state index contributed by atoms with van der Waals surface area (Å²) in [5.74, 6) is -0.421. The van der Waals surface area contributed by atoms with Gasteiger partial charge in [-0.15, -0.1) is 0 Å². The van der Waals surface area contributed by atoms with Gasteiger partial charge in [0.1, 0.15) is 19.8 Å². The largest absolute Gasteiger partial charge is 0.756 e. The van der Waals surface area contributed by atoms with Crippen molar-refractivity contribution in [3.63, 3.8) is 0 Å². The molecule has 3 atom stereocenters. The van der Waals surface area contributed by atoms with E-state index in [1.54, 1.807) is 6.26 Å². The molecule has 0 saturated carbocycles. The number of likely N-dealkylation sites (N-methyl/N-ethyl adjacent to an activating group) is 1. The first-order valence-electron chi connectivity index (χ1n) is 22.1. The highest BCUT2D eigenvalue weighted by atomic mass is 31.2. The maximum atomic E-state index is 12.6. The third-order valence-electron chi connectivity index (χ3n) is 9.15. The molecule has 326 valence electrons. The minimum Gasteiger partial charge on any atom is -0.756 e. The van der Waals surface area contributed by atoms with Gasteiger partial charge < -0.3 is 33.0 Å². The van der Waals surface area contributed by atoms with Gasteiger partial charge in [-0.05, 0) is 77.2 Å². The molecule has 0 aliphatic rings. The van der Waals surface area contributed by atoms with Crippen LogP contribution in [0.5, 0.6) is 0 Å². The molecule has 0 aliphatic carbocycles. The number of ether oxygens (including phenoxy) is 2. The van der Waals surface area contributed by atoms with E-state index >= 15 is 0 Å². The van der Waals surface area contributed by atoms with Gasteiger partial charge in [0.2, 0.25) is 0 Å². The van der Waals surface area contributed by atoms with E-state index < -0.39 is 19.9 Å². The highest BCUT2D eigenvalue weighted by molar-refractivity contribution is 7.45. The molecule has 0 aliphatic heterocycles. The zero-order valence-electron chi connectivity index (χ0n) is 36.4. The molecule has 0 heterocycles. The van der Waals surface area contributed by atoms with Gasteiger partial charge in [-0.1, -0.05) is 139 Å². The molecule has 0 rings (SSSR count). The van der Waals surface area contributed by atoms with Crippen molar-refractivity contribution < 1.29 is 42.4 Å². The van der Waals surface area contributed by atoms with E-state index in [2.05, 4.69) is 55.5 Å². The molecular weight excluding hydrogens is 725 g/mol. The second-order valence-corrected chi connectivity index (χ2v) is 17.5. The Morgan fingerprint density at radius 3 is 1.66 bits per heavy atom. The van der Waals surface area contributed by atoms with Gasteiger partial charge in [0.25, 0.3) is 7.82 Å². The molecule has 0 aromatic rings. The van der Waals surface area contributed by atoms with Gasteiger partial charge in [-0.2, -0.15) is 0 Å². The molecule has 0 amide bonds. The normalized spacial score (nSPS) is 14.8. The van der Waals surface area contributed by atoms with Crippen molar-refractivity contribution in [3.05, 3.63) is 60.9 Å². The number of allylic oxidation sites excluding steroid dienone is 9. The number of esters is 1. The number of phosphoric acid groups is 1. The number of aliphatic hydroxyl groups excluding tert-OH is 1. The first-order valence-corrected chi connectivity index (χ1v) is 23.6. The highest BCUT2D eigenvalue weighted by Gasteiger charge is 2.20. The minimum absolute atomic E-state index is 0.00126.